The van der Waals surface area contributed by atoms with Crippen molar-refractivity contribution < 1.29 is 63.5 Å². The monoisotopic (exact) mass is 506 g/mol. The highest BCUT2D eigenvalue weighted by Crippen LogP contribution is 2.52. The molecule has 180 valence electrons. The molecule has 3 heterocycles. The van der Waals surface area contributed by atoms with Crippen LogP contribution >= 0.6 is 0 Å². The number of alkyl halides is 4. The molecule has 0 atom stereocenters. The Balaban J connectivity index is 1.55. The summed E-state index contributed by atoms with van der Waals surface area (Å²) >= 11 is 0. The second-order valence-corrected chi connectivity index (χ2v) is 8.36. The average molecular weight is 506 g/mol. The van der Waals surface area contributed by atoms with Crippen LogP contribution in [0.5, 0.6) is 11.5 Å². The molecule has 10 nitrogen and oxygen atoms in total. The number of furan rings is 2. The van der Waals surface area contributed by atoms with Gasteiger partial charge in [0.15, 0.2) is 11.2 Å². The minimum atomic E-state index is -6.47. The molecule has 3 aromatic rings. The molecule has 1 aromatic carbocycles. The second kappa shape index (κ2) is 7.66. The normalized spacial score (nSPS) is 13.9. The van der Waals surface area contributed by atoms with Crippen LogP contribution in [0.15, 0.2) is 34.7 Å². The van der Waals surface area contributed by atoms with Crippen molar-refractivity contribution in [2.75, 3.05) is 6.61 Å². The van der Waals surface area contributed by atoms with Crippen molar-refractivity contribution in [1.82, 2.24) is 0 Å². The van der Waals surface area contributed by atoms with Crippen LogP contribution in [0.2, 0.25) is 0 Å². The topological polar surface area (TPSA) is 146 Å². The molecule has 0 aliphatic carbocycles. The van der Waals surface area contributed by atoms with Gasteiger partial charge in [-0.05, 0) is 12.1 Å². The zero-order chi connectivity index (χ0) is 25.1. The van der Waals surface area contributed by atoms with Crippen LogP contribution in [0.1, 0.15) is 37.5 Å². The first kappa shape index (κ1) is 23.4. The quantitative estimate of drug-likeness (QED) is 0.209. The molecular formula is C19H10F4O10S. The van der Waals surface area contributed by atoms with Crippen LogP contribution in [0.3, 0.4) is 0 Å². The van der Waals surface area contributed by atoms with Gasteiger partial charge in [0.1, 0.15) is 11.1 Å². The summed E-state index contributed by atoms with van der Waals surface area (Å²) in [6, 6.07) is 7.50. The van der Waals surface area contributed by atoms with Crippen molar-refractivity contribution in [3.8, 4) is 11.5 Å². The lowest BCUT2D eigenvalue weighted by molar-refractivity contribution is -0.168. The van der Waals surface area contributed by atoms with E-state index in [0.29, 0.717) is 0 Å². The Kier molecular flexibility index (Phi) is 5.28. The SMILES string of the molecule is O=C(Oc1c2c3oc1c(C(=O)OCCC(F)(F)C(F)(F)S(=O)(=O)O)c3C(=O)O2)c1ccccc1. The molecule has 0 unspecified atom stereocenters. The van der Waals surface area contributed by atoms with Gasteiger partial charge >= 0.3 is 39.2 Å². The highest BCUT2D eigenvalue weighted by Gasteiger charge is 2.65. The Morgan fingerprint density at radius 3 is 2.29 bits per heavy atom. The van der Waals surface area contributed by atoms with E-state index in [-0.39, 0.29) is 16.9 Å². The summed E-state index contributed by atoms with van der Waals surface area (Å²) in [5.41, 5.74) is -1.81. The number of halogens is 4. The molecule has 1 aliphatic rings. The van der Waals surface area contributed by atoms with Crippen molar-refractivity contribution in [2.45, 2.75) is 17.6 Å². The largest absolute Gasteiger partial charge is 0.462 e. The average Bonchev–Trinajstić information content (AvgIpc) is 3.37. The molecule has 2 aromatic heterocycles. The van der Waals surface area contributed by atoms with Crippen LogP contribution in [0.4, 0.5) is 17.6 Å². The molecule has 0 spiro atoms. The van der Waals surface area contributed by atoms with E-state index in [2.05, 4.69) is 4.74 Å². The number of esters is 3. The first-order valence-electron chi connectivity index (χ1n) is 9.07. The van der Waals surface area contributed by atoms with Gasteiger partial charge in [-0.15, -0.1) is 0 Å². The lowest BCUT2D eigenvalue weighted by Crippen LogP contribution is -2.47. The van der Waals surface area contributed by atoms with Gasteiger partial charge in [-0.2, -0.15) is 26.0 Å². The zero-order valence-corrected chi connectivity index (χ0v) is 17.2. The van der Waals surface area contributed by atoms with Gasteiger partial charge in [0, 0.05) is 0 Å². The molecule has 2 bridgehead atoms. The third-order valence-corrected chi connectivity index (χ3v) is 5.68. The second-order valence-electron chi connectivity index (χ2n) is 6.90. The minimum Gasteiger partial charge on any atom is -0.462 e. The smallest absolute Gasteiger partial charge is 0.431 e. The number of hydrogen-bond donors (Lipinski definition) is 1. The first-order valence-corrected chi connectivity index (χ1v) is 10.5. The summed E-state index contributed by atoms with van der Waals surface area (Å²) in [4.78, 5) is 36.9. The van der Waals surface area contributed by atoms with Gasteiger partial charge < -0.3 is 18.6 Å². The van der Waals surface area contributed by atoms with E-state index in [4.69, 9.17) is 18.4 Å². The maximum absolute atomic E-state index is 13.6. The van der Waals surface area contributed by atoms with Crippen molar-refractivity contribution >= 4 is 39.2 Å². The van der Waals surface area contributed by atoms with E-state index in [1.165, 1.54) is 24.3 Å². The third kappa shape index (κ3) is 3.52. The van der Waals surface area contributed by atoms with Crippen LogP contribution in [0.25, 0.3) is 11.2 Å². The molecule has 0 saturated heterocycles. The maximum atomic E-state index is 13.6. The summed E-state index contributed by atoms with van der Waals surface area (Å²) in [6.07, 6.45) is -2.00. The summed E-state index contributed by atoms with van der Waals surface area (Å²) in [6.45, 7) is -1.44. The number of carbonyl (C=O) groups excluding carboxylic acids is 3. The van der Waals surface area contributed by atoms with Crippen molar-refractivity contribution in [2.24, 2.45) is 0 Å². The van der Waals surface area contributed by atoms with Crippen molar-refractivity contribution in [3.05, 3.63) is 47.0 Å². The Hall–Kier alpha value is -3.72. The number of fused-ring (bicyclic) bond motifs is 1. The summed E-state index contributed by atoms with van der Waals surface area (Å²) in [5.74, 6) is -9.60. The number of benzene rings is 2. The Morgan fingerprint density at radius 2 is 1.68 bits per heavy atom. The maximum Gasteiger partial charge on any atom is 0.431 e. The Labute approximate surface area is 186 Å². The van der Waals surface area contributed by atoms with Crippen LogP contribution in [-0.2, 0) is 14.9 Å². The van der Waals surface area contributed by atoms with Crippen molar-refractivity contribution in [3.63, 3.8) is 0 Å². The zero-order valence-electron chi connectivity index (χ0n) is 16.3. The molecule has 1 aliphatic heterocycles. The first-order chi connectivity index (χ1) is 15.8. The molecule has 1 N–H and O–H groups in total. The summed E-state index contributed by atoms with van der Waals surface area (Å²) < 4.78 is 103. The fourth-order valence-corrected chi connectivity index (χ4v) is 3.56. The standard InChI is InChI=1S/C19H10F4O10S/c20-18(21,19(22,23)34(27,28)29)6-7-30-16(25)9-10-12-14(33-17(10)26)13(11(9)31-12)32-15(24)8-4-2-1-3-5-8/h1-5H,6-7H2,(H,27,28,29). The van der Waals surface area contributed by atoms with Gasteiger partial charge in [0.05, 0.1) is 18.6 Å². The highest BCUT2D eigenvalue weighted by atomic mass is 32.2. The lowest BCUT2D eigenvalue weighted by atomic mass is 10.1. The fraction of sp³-hybridized carbons (Fsp3) is 0.211. The Morgan fingerprint density at radius 1 is 1.03 bits per heavy atom. The molecule has 4 rings (SSSR count). The van der Waals surface area contributed by atoms with E-state index >= 15 is 0 Å². The van der Waals surface area contributed by atoms with Gasteiger partial charge in [0.2, 0.25) is 11.5 Å². The predicted molar refractivity (Wildman–Crippen MR) is 100 cm³/mol. The molecule has 0 amide bonds. The number of carbonyl (C=O) groups is 3. The number of rotatable bonds is 8. The van der Waals surface area contributed by atoms with Gasteiger partial charge in [0.25, 0.3) is 0 Å². The summed E-state index contributed by atoms with van der Waals surface area (Å²) in [7, 11) is -6.47. The van der Waals surface area contributed by atoms with E-state index < -0.39 is 74.7 Å². The van der Waals surface area contributed by atoms with Crippen LogP contribution < -0.4 is 9.47 Å². The van der Waals surface area contributed by atoms with Gasteiger partial charge in [-0.1, -0.05) is 18.2 Å². The molecule has 0 saturated carbocycles. The number of ether oxygens (including phenoxy) is 3. The number of hydrogen-bond acceptors (Lipinski definition) is 9. The van der Waals surface area contributed by atoms with E-state index in [9.17, 15) is 40.4 Å². The predicted octanol–water partition coefficient (Wildman–Crippen LogP) is 3.29. The van der Waals surface area contributed by atoms with Crippen LogP contribution in [-0.4, -0.2) is 48.7 Å². The van der Waals surface area contributed by atoms with Gasteiger partial charge in [-0.3, -0.25) is 4.55 Å². The highest BCUT2D eigenvalue weighted by molar-refractivity contribution is 7.87. The van der Waals surface area contributed by atoms with Crippen LogP contribution in [0, 0.1) is 0 Å². The molecular weight excluding hydrogens is 496 g/mol. The molecule has 0 radical (unpaired) electrons. The third-order valence-electron chi connectivity index (χ3n) is 4.73. The van der Waals surface area contributed by atoms with E-state index in [1.54, 1.807) is 6.07 Å². The molecule has 15 heteroatoms. The van der Waals surface area contributed by atoms with E-state index in [0.717, 1.165) is 0 Å². The van der Waals surface area contributed by atoms with Gasteiger partial charge in [-0.25, -0.2) is 14.4 Å². The molecule has 34 heavy (non-hydrogen) atoms. The Bertz CT molecular complexity index is 1410. The fourth-order valence-electron chi connectivity index (χ4n) is 3.08. The lowest BCUT2D eigenvalue weighted by Gasteiger charge is -2.23. The van der Waals surface area contributed by atoms with Crippen molar-refractivity contribution in [1.29, 1.82) is 0 Å². The summed E-state index contributed by atoms with van der Waals surface area (Å²) in [5, 5.41) is -5.85. The molecule has 0 fully saturated rings. The minimum absolute atomic E-state index is 0.0867. The van der Waals surface area contributed by atoms with E-state index in [1.807, 2.05) is 0 Å².